The number of carboxylic acid groups (broad SMARTS) is 1. The number of aliphatic hydroxyl groups excluding tert-OH is 1. The van der Waals surface area contributed by atoms with Crippen molar-refractivity contribution in [1.82, 2.24) is 10.5 Å². The van der Waals surface area contributed by atoms with E-state index in [1.54, 1.807) is 0 Å². The maximum absolute atomic E-state index is 12.0. The van der Waals surface area contributed by atoms with Crippen molar-refractivity contribution >= 4 is 11.9 Å². The van der Waals surface area contributed by atoms with Gasteiger partial charge in [-0.1, -0.05) is 19.0 Å². The Hall–Kier alpha value is -1.89. The van der Waals surface area contributed by atoms with E-state index in [1.165, 1.54) is 6.92 Å². The number of hydrogen-bond donors (Lipinski definition) is 3. The minimum Gasteiger partial charge on any atom is -0.480 e. The van der Waals surface area contributed by atoms with Gasteiger partial charge >= 0.3 is 5.97 Å². The van der Waals surface area contributed by atoms with E-state index in [1.807, 2.05) is 13.8 Å². The summed E-state index contributed by atoms with van der Waals surface area (Å²) in [4.78, 5) is 23.1. The number of amides is 1. The van der Waals surface area contributed by atoms with Crippen LogP contribution in [0.15, 0.2) is 4.52 Å². The van der Waals surface area contributed by atoms with Crippen LogP contribution in [0.5, 0.6) is 0 Å². The van der Waals surface area contributed by atoms with Gasteiger partial charge in [0.25, 0.3) is 5.91 Å². The summed E-state index contributed by atoms with van der Waals surface area (Å²) >= 11 is 0. The van der Waals surface area contributed by atoms with Gasteiger partial charge in [-0.05, 0) is 19.3 Å². The zero-order valence-corrected chi connectivity index (χ0v) is 11.1. The number of aliphatic carboxylic acids is 1. The van der Waals surface area contributed by atoms with E-state index in [0.717, 1.165) is 0 Å². The molecule has 1 amide bonds. The maximum Gasteiger partial charge on any atom is 0.326 e. The van der Waals surface area contributed by atoms with Gasteiger partial charge in [0.05, 0.1) is 6.61 Å². The standard InChI is InChI=1S/C12H18N2O5/c1-6(2)4-8(12(17)18)13-11(16)10-7(3)19-14-9(10)5-15/h6,8,15H,4-5H2,1-3H3,(H,13,16)(H,17,18)/t8-/m1/s1. The van der Waals surface area contributed by atoms with E-state index in [4.69, 9.17) is 14.7 Å². The Labute approximate surface area is 110 Å². The minimum absolute atomic E-state index is 0.0949. The van der Waals surface area contributed by atoms with Crippen molar-refractivity contribution in [1.29, 1.82) is 0 Å². The van der Waals surface area contributed by atoms with Gasteiger partial charge < -0.3 is 20.1 Å². The molecule has 7 nitrogen and oxygen atoms in total. The fourth-order valence-electron chi connectivity index (χ4n) is 1.74. The lowest BCUT2D eigenvalue weighted by Gasteiger charge is -2.16. The molecule has 0 aliphatic carbocycles. The predicted octanol–water partition coefficient (Wildman–Crippen LogP) is 0.704. The molecular formula is C12H18N2O5. The summed E-state index contributed by atoms with van der Waals surface area (Å²) in [6.45, 7) is 4.82. The highest BCUT2D eigenvalue weighted by molar-refractivity contribution is 5.98. The lowest BCUT2D eigenvalue weighted by Crippen LogP contribution is -2.42. The van der Waals surface area contributed by atoms with Crippen molar-refractivity contribution in [3.05, 3.63) is 17.0 Å². The molecule has 1 aromatic heterocycles. The molecule has 0 bridgehead atoms. The molecule has 0 aliphatic heterocycles. The topological polar surface area (TPSA) is 113 Å². The summed E-state index contributed by atoms with van der Waals surface area (Å²) in [5.41, 5.74) is 0.196. The van der Waals surface area contributed by atoms with Crippen LogP contribution < -0.4 is 5.32 Å². The molecule has 1 aromatic rings. The average Bonchev–Trinajstić information content (AvgIpc) is 2.68. The molecule has 0 radical (unpaired) electrons. The zero-order chi connectivity index (χ0) is 14.6. The van der Waals surface area contributed by atoms with Crippen LogP contribution >= 0.6 is 0 Å². The fourth-order valence-corrected chi connectivity index (χ4v) is 1.74. The second-order valence-corrected chi connectivity index (χ2v) is 4.71. The van der Waals surface area contributed by atoms with Crippen LogP contribution in [0.1, 0.15) is 42.1 Å². The highest BCUT2D eigenvalue weighted by Crippen LogP contribution is 2.14. The number of nitrogens with zero attached hydrogens (tertiary/aromatic N) is 1. The summed E-state index contributed by atoms with van der Waals surface area (Å²) < 4.78 is 4.81. The number of aryl methyl sites for hydroxylation is 1. The Bertz CT molecular complexity index is 467. The first-order valence-corrected chi connectivity index (χ1v) is 5.96. The lowest BCUT2D eigenvalue weighted by molar-refractivity contribution is -0.139. The normalized spacial score (nSPS) is 12.5. The van der Waals surface area contributed by atoms with Crippen LogP contribution in [-0.4, -0.2) is 33.3 Å². The lowest BCUT2D eigenvalue weighted by atomic mass is 10.0. The van der Waals surface area contributed by atoms with Gasteiger partial charge in [0.15, 0.2) is 0 Å². The second kappa shape index (κ2) is 6.33. The largest absolute Gasteiger partial charge is 0.480 e. The second-order valence-electron chi connectivity index (χ2n) is 4.71. The summed E-state index contributed by atoms with van der Waals surface area (Å²) in [7, 11) is 0. The summed E-state index contributed by atoms with van der Waals surface area (Å²) in [5, 5.41) is 24.1. The molecule has 0 aromatic carbocycles. The number of nitrogens with one attached hydrogen (secondary N) is 1. The van der Waals surface area contributed by atoms with E-state index in [0.29, 0.717) is 6.42 Å². The molecule has 1 heterocycles. The number of carboxylic acids is 1. The van der Waals surface area contributed by atoms with Crippen molar-refractivity contribution in [2.45, 2.75) is 39.8 Å². The van der Waals surface area contributed by atoms with Crippen molar-refractivity contribution < 1.29 is 24.3 Å². The Kier molecular flexibility index (Phi) is 5.05. The maximum atomic E-state index is 12.0. The van der Waals surface area contributed by atoms with Gasteiger partial charge in [0.2, 0.25) is 0 Å². The van der Waals surface area contributed by atoms with Crippen molar-refractivity contribution in [2.75, 3.05) is 0 Å². The highest BCUT2D eigenvalue weighted by atomic mass is 16.5. The Balaban J connectivity index is 2.87. The van der Waals surface area contributed by atoms with E-state index >= 15 is 0 Å². The van der Waals surface area contributed by atoms with Crippen molar-refractivity contribution in [3.63, 3.8) is 0 Å². The highest BCUT2D eigenvalue weighted by Gasteiger charge is 2.26. The van der Waals surface area contributed by atoms with Crippen LogP contribution in [0.4, 0.5) is 0 Å². The molecule has 19 heavy (non-hydrogen) atoms. The zero-order valence-electron chi connectivity index (χ0n) is 11.1. The molecule has 3 N–H and O–H groups in total. The first-order valence-electron chi connectivity index (χ1n) is 5.96. The fraction of sp³-hybridized carbons (Fsp3) is 0.583. The number of hydrogen-bond acceptors (Lipinski definition) is 5. The van der Waals surface area contributed by atoms with Gasteiger partial charge in [0.1, 0.15) is 23.1 Å². The molecular weight excluding hydrogens is 252 g/mol. The summed E-state index contributed by atoms with van der Waals surface area (Å²) in [6, 6.07) is -0.978. The van der Waals surface area contributed by atoms with E-state index in [2.05, 4.69) is 10.5 Å². The van der Waals surface area contributed by atoms with E-state index in [-0.39, 0.29) is 22.9 Å². The molecule has 0 aliphatic rings. The first kappa shape index (κ1) is 15.2. The van der Waals surface area contributed by atoms with E-state index in [9.17, 15) is 9.59 Å². The van der Waals surface area contributed by atoms with Gasteiger partial charge in [-0.25, -0.2) is 4.79 Å². The van der Waals surface area contributed by atoms with Crippen LogP contribution in [0.25, 0.3) is 0 Å². The smallest absolute Gasteiger partial charge is 0.326 e. The quantitative estimate of drug-likeness (QED) is 0.701. The molecule has 0 spiro atoms. The molecule has 106 valence electrons. The Morgan fingerprint density at radius 1 is 1.42 bits per heavy atom. The summed E-state index contributed by atoms with van der Waals surface area (Å²) in [6.07, 6.45) is 0.319. The number of carbonyl (C=O) groups is 2. The average molecular weight is 270 g/mol. The molecule has 1 rings (SSSR count). The Morgan fingerprint density at radius 2 is 2.05 bits per heavy atom. The SMILES string of the molecule is Cc1onc(CO)c1C(=O)N[C@H](CC(C)C)C(=O)O. The predicted molar refractivity (Wildman–Crippen MR) is 65.5 cm³/mol. The Morgan fingerprint density at radius 3 is 2.53 bits per heavy atom. The number of carbonyl (C=O) groups excluding carboxylic acids is 1. The number of aliphatic hydroxyl groups is 1. The van der Waals surface area contributed by atoms with Gasteiger partial charge in [-0.2, -0.15) is 0 Å². The van der Waals surface area contributed by atoms with Gasteiger partial charge in [0, 0.05) is 0 Å². The van der Waals surface area contributed by atoms with Crippen molar-refractivity contribution in [3.8, 4) is 0 Å². The van der Waals surface area contributed by atoms with Gasteiger partial charge in [-0.15, -0.1) is 0 Å². The van der Waals surface area contributed by atoms with E-state index < -0.39 is 24.5 Å². The van der Waals surface area contributed by atoms with Crippen LogP contribution in [0, 0.1) is 12.8 Å². The molecule has 0 saturated carbocycles. The van der Waals surface area contributed by atoms with Crippen molar-refractivity contribution in [2.24, 2.45) is 5.92 Å². The summed E-state index contributed by atoms with van der Waals surface area (Å²) in [5.74, 6) is -1.32. The van der Waals surface area contributed by atoms with Crippen LogP contribution in [0.3, 0.4) is 0 Å². The minimum atomic E-state index is -1.10. The molecule has 7 heteroatoms. The monoisotopic (exact) mass is 270 g/mol. The van der Waals surface area contributed by atoms with Crippen LogP contribution in [0.2, 0.25) is 0 Å². The molecule has 1 atom stereocenters. The van der Waals surface area contributed by atoms with Gasteiger partial charge in [-0.3, -0.25) is 4.79 Å². The molecule has 0 saturated heterocycles. The number of aromatic nitrogens is 1. The molecule has 0 fully saturated rings. The van der Waals surface area contributed by atoms with Crippen LogP contribution in [-0.2, 0) is 11.4 Å². The third-order valence-corrected chi connectivity index (χ3v) is 2.62. The third-order valence-electron chi connectivity index (χ3n) is 2.62. The number of rotatable bonds is 6. The first-order chi connectivity index (χ1) is 8.86. The molecule has 0 unspecified atom stereocenters. The third kappa shape index (κ3) is 3.78.